The number of aryl methyl sites for hydroxylation is 1. The number of halogens is 1. The van der Waals surface area contributed by atoms with Gasteiger partial charge >= 0.3 is 0 Å². The molecule has 1 aromatic rings. The summed E-state index contributed by atoms with van der Waals surface area (Å²) in [5.41, 5.74) is 9.11. The fourth-order valence-electron chi connectivity index (χ4n) is 1.40. The second kappa shape index (κ2) is 3.82. The number of benzene rings is 1. The number of hydrogen-bond donors (Lipinski definition) is 1. The van der Waals surface area contributed by atoms with Crippen LogP contribution in [-0.4, -0.2) is 0 Å². The maximum Gasteiger partial charge on any atom is 0.0641 e. The van der Waals surface area contributed by atoms with Crippen LogP contribution in [0.1, 0.15) is 38.8 Å². The Morgan fingerprint density at radius 2 is 1.86 bits per heavy atom. The van der Waals surface area contributed by atoms with Crippen molar-refractivity contribution in [3.8, 4) is 0 Å². The maximum atomic E-state index is 6.08. The highest BCUT2D eigenvalue weighted by molar-refractivity contribution is 6.33. The molecular formula is C12H18ClN. The molecule has 2 heteroatoms. The van der Waals surface area contributed by atoms with Crippen LogP contribution in [0.15, 0.2) is 12.1 Å². The van der Waals surface area contributed by atoms with Crippen LogP contribution in [0.4, 0.5) is 5.69 Å². The smallest absolute Gasteiger partial charge is 0.0641 e. The number of rotatable bonds is 1. The van der Waals surface area contributed by atoms with Gasteiger partial charge in [-0.15, -0.1) is 0 Å². The van der Waals surface area contributed by atoms with Gasteiger partial charge in [0, 0.05) is 0 Å². The second-order valence-corrected chi connectivity index (χ2v) is 5.04. The molecule has 0 atom stereocenters. The summed E-state index contributed by atoms with van der Waals surface area (Å²) in [7, 11) is 0. The van der Waals surface area contributed by atoms with E-state index < -0.39 is 0 Å². The van der Waals surface area contributed by atoms with Crippen molar-refractivity contribution in [3.63, 3.8) is 0 Å². The molecule has 0 saturated heterocycles. The molecule has 0 fully saturated rings. The summed E-state index contributed by atoms with van der Waals surface area (Å²) < 4.78 is 0. The van der Waals surface area contributed by atoms with Gasteiger partial charge in [-0.1, -0.05) is 45.4 Å². The van der Waals surface area contributed by atoms with Gasteiger partial charge in [0.2, 0.25) is 0 Å². The van der Waals surface area contributed by atoms with Crippen LogP contribution in [0, 0.1) is 0 Å². The van der Waals surface area contributed by atoms with Gasteiger partial charge in [0.25, 0.3) is 0 Å². The lowest BCUT2D eigenvalue weighted by atomic mass is 9.85. The van der Waals surface area contributed by atoms with Gasteiger partial charge < -0.3 is 5.73 Å². The molecule has 14 heavy (non-hydrogen) atoms. The average molecular weight is 212 g/mol. The lowest BCUT2D eigenvalue weighted by molar-refractivity contribution is 0.589. The van der Waals surface area contributed by atoms with E-state index in [2.05, 4.69) is 33.8 Å². The number of nitrogens with two attached hydrogens (primary N) is 1. The summed E-state index contributed by atoms with van der Waals surface area (Å²) in [6, 6.07) is 4.12. The Hall–Kier alpha value is -0.690. The Kier molecular flexibility index (Phi) is 3.10. The van der Waals surface area contributed by atoms with E-state index in [1.807, 2.05) is 6.07 Å². The first kappa shape index (κ1) is 11.4. The summed E-state index contributed by atoms with van der Waals surface area (Å²) in [6.07, 6.45) is 0.926. The highest BCUT2D eigenvalue weighted by atomic mass is 35.5. The van der Waals surface area contributed by atoms with Gasteiger partial charge in [-0.25, -0.2) is 0 Å². The number of anilines is 1. The van der Waals surface area contributed by atoms with E-state index in [1.54, 1.807) is 0 Å². The third-order valence-corrected chi connectivity index (χ3v) is 2.77. The maximum absolute atomic E-state index is 6.08. The zero-order valence-electron chi connectivity index (χ0n) is 9.32. The van der Waals surface area contributed by atoms with Crippen LogP contribution < -0.4 is 5.73 Å². The molecule has 0 aliphatic carbocycles. The van der Waals surface area contributed by atoms with Gasteiger partial charge in [0.15, 0.2) is 0 Å². The lowest BCUT2D eigenvalue weighted by Gasteiger charge is -2.21. The molecular weight excluding hydrogens is 194 g/mol. The Labute approximate surface area is 91.3 Å². The Morgan fingerprint density at radius 1 is 1.29 bits per heavy atom. The summed E-state index contributed by atoms with van der Waals surface area (Å²) >= 11 is 6.08. The van der Waals surface area contributed by atoms with E-state index in [0.29, 0.717) is 5.02 Å². The predicted octanol–water partition coefficient (Wildman–Crippen LogP) is 3.78. The monoisotopic (exact) mass is 211 g/mol. The molecule has 0 aromatic heterocycles. The largest absolute Gasteiger partial charge is 0.397 e. The molecule has 2 N–H and O–H groups in total. The number of nitrogen functional groups attached to an aromatic ring is 1. The highest BCUT2D eigenvalue weighted by Gasteiger charge is 2.16. The fourth-order valence-corrected chi connectivity index (χ4v) is 1.64. The molecule has 0 unspecified atom stereocenters. The van der Waals surface area contributed by atoms with Gasteiger partial charge in [-0.2, -0.15) is 0 Å². The van der Waals surface area contributed by atoms with Crippen molar-refractivity contribution in [1.82, 2.24) is 0 Å². The van der Waals surface area contributed by atoms with Crippen molar-refractivity contribution in [2.75, 3.05) is 5.73 Å². The third-order valence-electron chi connectivity index (χ3n) is 2.46. The molecule has 1 aromatic carbocycles. The van der Waals surface area contributed by atoms with Gasteiger partial charge in [0.05, 0.1) is 10.7 Å². The first-order chi connectivity index (χ1) is 6.36. The highest BCUT2D eigenvalue weighted by Crippen LogP contribution is 2.31. The van der Waals surface area contributed by atoms with Crippen LogP contribution >= 0.6 is 11.6 Å². The zero-order chi connectivity index (χ0) is 10.9. The molecule has 0 saturated carbocycles. The third kappa shape index (κ3) is 2.21. The molecule has 0 heterocycles. The fraction of sp³-hybridized carbons (Fsp3) is 0.500. The Bertz CT molecular complexity index is 337. The molecule has 0 aliphatic heterocycles. The van der Waals surface area contributed by atoms with E-state index >= 15 is 0 Å². The molecule has 0 aliphatic rings. The zero-order valence-corrected chi connectivity index (χ0v) is 10.1. The van der Waals surface area contributed by atoms with Crippen molar-refractivity contribution < 1.29 is 0 Å². The Morgan fingerprint density at radius 3 is 2.29 bits per heavy atom. The lowest BCUT2D eigenvalue weighted by Crippen LogP contribution is -2.12. The van der Waals surface area contributed by atoms with E-state index in [1.165, 1.54) is 5.56 Å². The molecule has 78 valence electrons. The van der Waals surface area contributed by atoms with Gasteiger partial charge in [-0.05, 0) is 29.0 Å². The van der Waals surface area contributed by atoms with E-state index in [4.69, 9.17) is 17.3 Å². The van der Waals surface area contributed by atoms with Crippen LogP contribution in [0.3, 0.4) is 0 Å². The first-order valence-corrected chi connectivity index (χ1v) is 5.32. The minimum atomic E-state index is 0.126. The molecule has 1 nitrogen and oxygen atoms in total. The second-order valence-electron chi connectivity index (χ2n) is 4.63. The van der Waals surface area contributed by atoms with Crippen molar-refractivity contribution >= 4 is 17.3 Å². The molecule has 0 radical (unpaired) electrons. The van der Waals surface area contributed by atoms with Crippen LogP contribution in [0.5, 0.6) is 0 Å². The predicted molar refractivity (Wildman–Crippen MR) is 63.9 cm³/mol. The summed E-state index contributed by atoms with van der Waals surface area (Å²) in [5, 5.41) is 0.675. The molecule has 0 bridgehead atoms. The SMILES string of the molecule is CCc1cc(C(C)(C)C)cc(Cl)c1N. The quantitative estimate of drug-likeness (QED) is 0.703. The topological polar surface area (TPSA) is 26.0 Å². The average Bonchev–Trinajstić information content (AvgIpc) is 2.07. The first-order valence-electron chi connectivity index (χ1n) is 4.94. The summed E-state index contributed by atoms with van der Waals surface area (Å²) in [4.78, 5) is 0. The van der Waals surface area contributed by atoms with Crippen LogP contribution in [0.2, 0.25) is 5.02 Å². The van der Waals surface area contributed by atoms with Crippen LogP contribution in [0.25, 0.3) is 0 Å². The minimum Gasteiger partial charge on any atom is -0.397 e. The molecule has 0 amide bonds. The normalized spacial score (nSPS) is 11.8. The number of hydrogen-bond acceptors (Lipinski definition) is 1. The van der Waals surface area contributed by atoms with Crippen molar-refractivity contribution in [2.45, 2.75) is 39.5 Å². The Balaban J connectivity index is 3.30. The van der Waals surface area contributed by atoms with Crippen LogP contribution in [-0.2, 0) is 11.8 Å². The van der Waals surface area contributed by atoms with E-state index in [-0.39, 0.29) is 5.41 Å². The van der Waals surface area contributed by atoms with Crippen molar-refractivity contribution in [2.24, 2.45) is 0 Å². The van der Waals surface area contributed by atoms with E-state index in [0.717, 1.165) is 17.7 Å². The molecule has 1 rings (SSSR count). The summed E-state index contributed by atoms with van der Waals surface area (Å²) in [6.45, 7) is 8.62. The van der Waals surface area contributed by atoms with Gasteiger partial charge in [0.1, 0.15) is 0 Å². The van der Waals surface area contributed by atoms with E-state index in [9.17, 15) is 0 Å². The van der Waals surface area contributed by atoms with Crippen molar-refractivity contribution in [1.29, 1.82) is 0 Å². The minimum absolute atomic E-state index is 0.126. The molecule has 0 spiro atoms. The van der Waals surface area contributed by atoms with Gasteiger partial charge in [-0.3, -0.25) is 0 Å². The standard InChI is InChI=1S/C12H18ClN/c1-5-8-6-9(12(2,3)4)7-10(13)11(8)14/h6-7H,5,14H2,1-4H3. The van der Waals surface area contributed by atoms with Crippen molar-refractivity contribution in [3.05, 3.63) is 28.3 Å². The summed E-state index contributed by atoms with van der Waals surface area (Å²) in [5.74, 6) is 0.